The summed E-state index contributed by atoms with van der Waals surface area (Å²) in [6.45, 7) is 13.9. The zero-order valence-corrected chi connectivity index (χ0v) is 26.1. The van der Waals surface area contributed by atoms with Crippen molar-refractivity contribution in [1.82, 2.24) is 0 Å². The lowest BCUT2D eigenvalue weighted by Crippen LogP contribution is -2.17. The van der Waals surface area contributed by atoms with Crippen LogP contribution in [0.2, 0.25) is 0 Å². The van der Waals surface area contributed by atoms with E-state index in [4.69, 9.17) is 0 Å². The van der Waals surface area contributed by atoms with E-state index in [9.17, 15) is 0 Å². The van der Waals surface area contributed by atoms with E-state index >= 15 is 0 Å². The molecule has 1 heteroatoms. The van der Waals surface area contributed by atoms with Crippen molar-refractivity contribution in [3.63, 3.8) is 0 Å². The van der Waals surface area contributed by atoms with Crippen molar-refractivity contribution in [3.8, 4) is 22.3 Å². The van der Waals surface area contributed by atoms with Gasteiger partial charge in [0.1, 0.15) is 0 Å². The minimum absolute atomic E-state index is 0.00167. The second-order valence-electron chi connectivity index (χ2n) is 13.5. The first kappa shape index (κ1) is 27.2. The predicted molar refractivity (Wildman–Crippen MR) is 185 cm³/mol. The molecule has 6 aromatic rings. The van der Waals surface area contributed by atoms with Gasteiger partial charge in [0, 0.05) is 22.4 Å². The molecule has 0 aromatic heterocycles. The first-order valence-electron chi connectivity index (χ1n) is 15.4. The molecule has 0 atom stereocenters. The summed E-state index contributed by atoms with van der Waals surface area (Å²) in [4.78, 5) is 2.47. The van der Waals surface area contributed by atoms with E-state index in [1.807, 2.05) is 0 Å². The van der Waals surface area contributed by atoms with Gasteiger partial charge in [0.25, 0.3) is 0 Å². The van der Waals surface area contributed by atoms with Crippen molar-refractivity contribution in [2.75, 3.05) is 4.90 Å². The number of anilines is 3. The Kier molecular flexibility index (Phi) is 6.32. The molecular weight excluding hydrogens is 518 g/mol. The molecule has 1 aliphatic carbocycles. The molecule has 0 N–H and O–H groups in total. The standard InChI is InChI=1S/C42H39N/c1-28-15-14-22-37-40(28)34-24-23-32(27-38(34)42(37,5)6)43(31-18-8-7-9-19-31)39-26-30-17-11-10-16-29(30)25-35(39)33-20-12-13-21-36(33)41(2,3)4/h7-27H,1-6H3. The number of nitrogens with zero attached hydrogens (tertiary/aromatic N) is 1. The van der Waals surface area contributed by atoms with Gasteiger partial charge in [0.2, 0.25) is 0 Å². The number of rotatable bonds is 4. The molecule has 0 saturated carbocycles. The summed E-state index contributed by atoms with van der Waals surface area (Å²) in [5.74, 6) is 0. The Hall–Kier alpha value is -4.62. The van der Waals surface area contributed by atoms with Crippen LogP contribution >= 0.6 is 0 Å². The predicted octanol–water partition coefficient (Wildman–Crippen LogP) is 11.9. The molecule has 7 rings (SSSR count). The lowest BCUT2D eigenvalue weighted by molar-refractivity contribution is 0.592. The number of hydrogen-bond acceptors (Lipinski definition) is 1. The fraction of sp³-hybridized carbons (Fsp3) is 0.190. The Labute approximate surface area is 256 Å². The Morgan fingerprint density at radius 2 is 1.21 bits per heavy atom. The summed E-state index contributed by atoms with van der Waals surface area (Å²) < 4.78 is 0. The number of fused-ring (bicyclic) bond motifs is 4. The van der Waals surface area contributed by atoms with Crippen LogP contribution in [0.25, 0.3) is 33.0 Å². The SMILES string of the molecule is Cc1cccc2c1-c1ccc(N(c3ccccc3)c3cc4ccccc4cc3-c3ccccc3C(C)(C)C)cc1C2(C)C. The zero-order valence-electron chi connectivity index (χ0n) is 26.1. The van der Waals surface area contributed by atoms with Gasteiger partial charge in [-0.3, -0.25) is 0 Å². The van der Waals surface area contributed by atoms with Gasteiger partial charge in [-0.1, -0.05) is 126 Å². The van der Waals surface area contributed by atoms with E-state index in [2.05, 4.69) is 174 Å². The van der Waals surface area contributed by atoms with E-state index < -0.39 is 0 Å². The molecule has 0 bridgehead atoms. The largest absolute Gasteiger partial charge is 0.310 e. The van der Waals surface area contributed by atoms with E-state index in [1.54, 1.807) is 0 Å². The molecule has 1 aliphatic rings. The molecule has 0 radical (unpaired) electrons. The van der Waals surface area contributed by atoms with Crippen molar-refractivity contribution in [1.29, 1.82) is 0 Å². The summed E-state index contributed by atoms with van der Waals surface area (Å²) >= 11 is 0. The Morgan fingerprint density at radius 3 is 1.95 bits per heavy atom. The van der Waals surface area contributed by atoms with Crippen molar-refractivity contribution >= 4 is 27.8 Å². The Balaban J connectivity index is 1.53. The lowest BCUT2D eigenvalue weighted by Gasteiger charge is -2.31. The number of para-hydroxylation sites is 1. The highest BCUT2D eigenvalue weighted by molar-refractivity contribution is 5.99. The number of benzene rings is 6. The van der Waals surface area contributed by atoms with E-state index in [1.165, 1.54) is 66.7 Å². The first-order chi connectivity index (χ1) is 20.6. The van der Waals surface area contributed by atoms with Crippen LogP contribution < -0.4 is 4.90 Å². The zero-order chi connectivity index (χ0) is 29.9. The number of hydrogen-bond donors (Lipinski definition) is 0. The second kappa shape index (κ2) is 9.99. The average molecular weight is 558 g/mol. The normalized spacial score (nSPS) is 13.5. The highest BCUT2D eigenvalue weighted by Gasteiger charge is 2.37. The van der Waals surface area contributed by atoms with Gasteiger partial charge in [0.05, 0.1) is 5.69 Å². The van der Waals surface area contributed by atoms with Crippen molar-refractivity contribution in [2.45, 2.75) is 52.4 Å². The number of aryl methyl sites for hydroxylation is 1. The van der Waals surface area contributed by atoms with Crippen LogP contribution in [-0.4, -0.2) is 0 Å². The average Bonchev–Trinajstić information content (AvgIpc) is 3.24. The quantitative estimate of drug-likeness (QED) is 0.208. The van der Waals surface area contributed by atoms with Crippen LogP contribution in [0.5, 0.6) is 0 Å². The molecule has 212 valence electrons. The lowest BCUT2D eigenvalue weighted by atomic mass is 9.81. The molecular formula is C42H39N. The molecule has 0 spiro atoms. The molecule has 0 heterocycles. The molecule has 0 amide bonds. The highest BCUT2D eigenvalue weighted by atomic mass is 15.1. The highest BCUT2D eigenvalue weighted by Crippen LogP contribution is 2.52. The van der Waals surface area contributed by atoms with Gasteiger partial charge in [-0.2, -0.15) is 0 Å². The topological polar surface area (TPSA) is 3.24 Å². The van der Waals surface area contributed by atoms with Gasteiger partial charge in [-0.15, -0.1) is 0 Å². The van der Waals surface area contributed by atoms with E-state index in [0.29, 0.717) is 0 Å². The monoisotopic (exact) mass is 557 g/mol. The fourth-order valence-corrected chi connectivity index (χ4v) is 7.10. The maximum absolute atomic E-state index is 2.47. The summed E-state index contributed by atoms with van der Waals surface area (Å²) in [7, 11) is 0. The maximum Gasteiger partial charge on any atom is 0.0546 e. The van der Waals surface area contributed by atoms with Crippen LogP contribution in [0.1, 0.15) is 56.9 Å². The third-order valence-corrected chi connectivity index (χ3v) is 9.29. The van der Waals surface area contributed by atoms with Crippen molar-refractivity contribution < 1.29 is 0 Å². The van der Waals surface area contributed by atoms with Crippen LogP contribution in [-0.2, 0) is 10.8 Å². The van der Waals surface area contributed by atoms with Crippen molar-refractivity contribution in [2.24, 2.45) is 0 Å². The smallest absolute Gasteiger partial charge is 0.0546 e. The minimum Gasteiger partial charge on any atom is -0.310 e. The third-order valence-electron chi connectivity index (χ3n) is 9.29. The molecule has 0 unspecified atom stereocenters. The molecule has 0 fully saturated rings. The van der Waals surface area contributed by atoms with Crippen LogP contribution in [0.3, 0.4) is 0 Å². The van der Waals surface area contributed by atoms with Crippen LogP contribution in [0.15, 0.2) is 127 Å². The fourth-order valence-electron chi connectivity index (χ4n) is 7.10. The van der Waals surface area contributed by atoms with Gasteiger partial charge in [-0.25, -0.2) is 0 Å². The molecule has 43 heavy (non-hydrogen) atoms. The second-order valence-corrected chi connectivity index (χ2v) is 13.5. The van der Waals surface area contributed by atoms with Gasteiger partial charge >= 0.3 is 0 Å². The molecule has 0 saturated heterocycles. The van der Waals surface area contributed by atoms with E-state index in [-0.39, 0.29) is 10.8 Å². The molecule has 0 aliphatic heterocycles. The third kappa shape index (κ3) is 4.46. The van der Waals surface area contributed by atoms with Gasteiger partial charge < -0.3 is 4.90 Å². The summed E-state index contributed by atoms with van der Waals surface area (Å²) in [5, 5.41) is 2.49. The summed E-state index contributed by atoms with van der Waals surface area (Å²) in [6.07, 6.45) is 0. The minimum atomic E-state index is -0.0832. The summed E-state index contributed by atoms with van der Waals surface area (Å²) in [6, 6.07) is 47.1. The summed E-state index contributed by atoms with van der Waals surface area (Å²) in [5.41, 5.74) is 14.2. The van der Waals surface area contributed by atoms with Gasteiger partial charge in [-0.05, 0) is 98.5 Å². The Bertz CT molecular complexity index is 1990. The van der Waals surface area contributed by atoms with Gasteiger partial charge in [0.15, 0.2) is 0 Å². The first-order valence-corrected chi connectivity index (χ1v) is 15.4. The van der Waals surface area contributed by atoms with Crippen LogP contribution in [0.4, 0.5) is 17.1 Å². The van der Waals surface area contributed by atoms with E-state index in [0.717, 1.165) is 5.69 Å². The maximum atomic E-state index is 2.47. The van der Waals surface area contributed by atoms with Crippen molar-refractivity contribution in [3.05, 3.63) is 150 Å². The Morgan fingerprint density at radius 1 is 0.535 bits per heavy atom. The van der Waals surface area contributed by atoms with Crippen LogP contribution in [0, 0.1) is 6.92 Å². The molecule has 6 aromatic carbocycles. The molecule has 1 nitrogen and oxygen atoms in total.